The van der Waals surface area contributed by atoms with E-state index in [1.807, 2.05) is 0 Å². The number of rotatable bonds is 17. The van der Waals surface area contributed by atoms with Crippen LogP contribution in [0.3, 0.4) is 0 Å². The molecule has 0 bridgehead atoms. The maximum atomic E-state index is 5.53. The number of hydrogen-bond acceptors (Lipinski definition) is 4. The van der Waals surface area contributed by atoms with Crippen molar-refractivity contribution in [3.05, 3.63) is 0 Å². The van der Waals surface area contributed by atoms with Gasteiger partial charge in [-0.1, -0.05) is 58.3 Å². The predicted molar refractivity (Wildman–Crippen MR) is 94.6 cm³/mol. The van der Waals surface area contributed by atoms with Crippen molar-refractivity contribution in [2.75, 3.05) is 39.3 Å². The molecule has 0 aliphatic carbocycles. The van der Waals surface area contributed by atoms with Crippen LogP contribution in [0, 0.1) is 5.92 Å². The summed E-state index contributed by atoms with van der Waals surface area (Å²) in [5.41, 5.74) is 11.1. The van der Waals surface area contributed by atoms with Crippen LogP contribution in [-0.4, -0.2) is 39.3 Å². The van der Waals surface area contributed by atoms with Crippen molar-refractivity contribution in [1.29, 1.82) is 0 Å². The van der Waals surface area contributed by atoms with Crippen molar-refractivity contribution in [2.24, 2.45) is 17.4 Å². The van der Waals surface area contributed by atoms with E-state index in [4.69, 9.17) is 11.5 Å². The summed E-state index contributed by atoms with van der Waals surface area (Å²) in [7, 11) is 0. The van der Waals surface area contributed by atoms with Crippen LogP contribution < -0.4 is 22.1 Å². The van der Waals surface area contributed by atoms with E-state index >= 15 is 0 Å². The van der Waals surface area contributed by atoms with Crippen molar-refractivity contribution in [3.8, 4) is 0 Å². The van der Waals surface area contributed by atoms with E-state index in [-0.39, 0.29) is 0 Å². The minimum Gasteiger partial charge on any atom is -0.329 e. The van der Waals surface area contributed by atoms with Crippen molar-refractivity contribution >= 4 is 0 Å². The summed E-state index contributed by atoms with van der Waals surface area (Å²) in [5.74, 6) is 0.711. The number of nitrogens with one attached hydrogen (secondary N) is 2. The van der Waals surface area contributed by atoms with Gasteiger partial charge in [-0.2, -0.15) is 0 Å². The quantitative estimate of drug-likeness (QED) is 0.311. The van der Waals surface area contributed by atoms with Crippen LogP contribution in [0.25, 0.3) is 0 Å². The normalized spacial score (nSPS) is 11.4. The fourth-order valence-electron chi connectivity index (χ4n) is 2.66. The molecule has 0 radical (unpaired) electrons. The standard InChI is InChI=1S/C17H40N4/c1-2-3-4-5-6-7-8-9-10-17(15-20-13-11-18)16-21-14-12-19/h17,20-21H,2-16,18-19H2,1H3. The van der Waals surface area contributed by atoms with E-state index in [0.717, 1.165) is 39.3 Å². The van der Waals surface area contributed by atoms with Gasteiger partial charge < -0.3 is 22.1 Å². The molecule has 0 aliphatic rings. The van der Waals surface area contributed by atoms with E-state index < -0.39 is 0 Å². The highest BCUT2D eigenvalue weighted by Gasteiger charge is 2.07. The van der Waals surface area contributed by atoms with E-state index in [1.54, 1.807) is 0 Å². The summed E-state index contributed by atoms with van der Waals surface area (Å²) in [5, 5.41) is 6.88. The van der Waals surface area contributed by atoms with Crippen molar-refractivity contribution in [2.45, 2.75) is 64.7 Å². The first-order valence-corrected chi connectivity index (χ1v) is 9.16. The molecular weight excluding hydrogens is 260 g/mol. The zero-order valence-corrected chi connectivity index (χ0v) is 14.3. The summed E-state index contributed by atoms with van der Waals surface area (Å²) >= 11 is 0. The van der Waals surface area contributed by atoms with E-state index in [0.29, 0.717) is 5.92 Å². The third kappa shape index (κ3) is 16.0. The largest absolute Gasteiger partial charge is 0.329 e. The summed E-state index contributed by atoms with van der Waals surface area (Å²) in [6.45, 7) is 7.71. The molecule has 0 atom stereocenters. The van der Waals surface area contributed by atoms with Gasteiger partial charge in [-0.25, -0.2) is 0 Å². The van der Waals surface area contributed by atoms with Crippen LogP contribution in [0.4, 0.5) is 0 Å². The molecule has 6 N–H and O–H groups in total. The Labute approximate surface area is 132 Å². The molecule has 0 heterocycles. The van der Waals surface area contributed by atoms with Crippen molar-refractivity contribution in [3.63, 3.8) is 0 Å². The first-order valence-electron chi connectivity index (χ1n) is 9.16. The molecule has 0 spiro atoms. The molecule has 128 valence electrons. The van der Waals surface area contributed by atoms with Crippen LogP contribution in [0.5, 0.6) is 0 Å². The van der Waals surface area contributed by atoms with Gasteiger partial charge in [0.2, 0.25) is 0 Å². The smallest absolute Gasteiger partial charge is 0.00746 e. The Morgan fingerprint density at radius 1 is 0.714 bits per heavy atom. The highest BCUT2D eigenvalue weighted by atomic mass is 14.9. The molecule has 4 heteroatoms. The van der Waals surface area contributed by atoms with Crippen LogP contribution in [0.1, 0.15) is 64.7 Å². The highest BCUT2D eigenvalue weighted by molar-refractivity contribution is 4.66. The molecule has 0 unspecified atom stereocenters. The Hall–Kier alpha value is -0.160. The molecule has 0 aromatic heterocycles. The van der Waals surface area contributed by atoms with Gasteiger partial charge in [0, 0.05) is 26.2 Å². The Balaban J connectivity index is 3.54. The minimum absolute atomic E-state index is 0.711. The molecule has 0 aromatic carbocycles. The molecule has 0 aromatic rings. The fraction of sp³-hybridized carbons (Fsp3) is 1.00. The number of hydrogen-bond donors (Lipinski definition) is 4. The van der Waals surface area contributed by atoms with Crippen molar-refractivity contribution in [1.82, 2.24) is 10.6 Å². The van der Waals surface area contributed by atoms with Gasteiger partial charge in [-0.3, -0.25) is 0 Å². The lowest BCUT2D eigenvalue weighted by molar-refractivity contribution is 0.402. The zero-order valence-electron chi connectivity index (χ0n) is 14.3. The average Bonchev–Trinajstić information content (AvgIpc) is 2.49. The van der Waals surface area contributed by atoms with Gasteiger partial charge in [0.15, 0.2) is 0 Å². The topological polar surface area (TPSA) is 76.1 Å². The Kier molecular flexibility index (Phi) is 17.8. The zero-order chi connectivity index (χ0) is 15.6. The molecule has 0 saturated carbocycles. The van der Waals surface area contributed by atoms with E-state index in [2.05, 4.69) is 17.6 Å². The maximum Gasteiger partial charge on any atom is 0.00746 e. The first-order chi connectivity index (χ1) is 10.3. The van der Waals surface area contributed by atoms with Gasteiger partial charge in [0.25, 0.3) is 0 Å². The molecule has 21 heavy (non-hydrogen) atoms. The van der Waals surface area contributed by atoms with Gasteiger partial charge in [0.05, 0.1) is 0 Å². The van der Waals surface area contributed by atoms with Crippen LogP contribution in [0.15, 0.2) is 0 Å². The second kappa shape index (κ2) is 17.9. The lowest BCUT2D eigenvalue weighted by Gasteiger charge is -2.18. The monoisotopic (exact) mass is 300 g/mol. The summed E-state index contributed by atoms with van der Waals surface area (Å²) in [6.07, 6.45) is 12.5. The number of unbranched alkanes of at least 4 members (excludes halogenated alkanes) is 7. The Bertz CT molecular complexity index is 178. The second-order valence-electron chi connectivity index (χ2n) is 6.12. The third-order valence-corrected chi connectivity index (χ3v) is 3.97. The highest BCUT2D eigenvalue weighted by Crippen LogP contribution is 2.12. The van der Waals surface area contributed by atoms with Crippen molar-refractivity contribution < 1.29 is 0 Å². The number of nitrogens with two attached hydrogens (primary N) is 2. The summed E-state index contributed by atoms with van der Waals surface area (Å²) in [4.78, 5) is 0. The second-order valence-corrected chi connectivity index (χ2v) is 6.12. The maximum absolute atomic E-state index is 5.53. The lowest BCUT2D eigenvalue weighted by Crippen LogP contribution is -2.35. The molecule has 0 amide bonds. The molecule has 0 fully saturated rings. The molecule has 0 saturated heterocycles. The van der Waals surface area contributed by atoms with E-state index in [1.165, 1.54) is 57.8 Å². The van der Waals surface area contributed by atoms with Gasteiger partial charge in [-0.05, 0) is 25.4 Å². The lowest BCUT2D eigenvalue weighted by atomic mass is 9.99. The van der Waals surface area contributed by atoms with Crippen LogP contribution in [0.2, 0.25) is 0 Å². The third-order valence-electron chi connectivity index (χ3n) is 3.97. The SMILES string of the molecule is CCCCCCCCCCC(CNCCN)CNCCN. The molecular formula is C17H40N4. The summed E-state index contributed by atoms with van der Waals surface area (Å²) < 4.78 is 0. The molecule has 0 aliphatic heterocycles. The Morgan fingerprint density at radius 3 is 1.67 bits per heavy atom. The van der Waals surface area contributed by atoms with Gasteiger partial charge in [0.1, 0.15) is 0 Å². The van der Waals surface area contributed by atoms with Crippen LogP contribution in [-0.2, 0) is 0 Å². The first kappa shape index (κ1) is 20.8. The minimum atomic E-state index is 0.711. The van der Waals surface area contributed by atoms with E-state index in [9.17, 15) is 0 Å². The van der Waals surface area contributed by atoms with Gasteiger partial charge >= 0.3 is 0 Å². The predicted octanol–water partition coefficient (Wildman–Crippen LogP) is 2.23. The fourth-order valence-corrected chi connectivity index (χ4v) is 2.66. The van der Waals surface area contributed by atoms with Crippen LogP contribution >= 0.6 is 0 Å². The molecule has 4 nitrogen and oxygen atoms in total. The Morgan fingerprint density at radius 2 is 1.19 bits per heavy atom. The molecule has 0 rings (SSSR count). The average molecular weight is 301 g/mol. The van der Waals surface area contributed by atoms with Gasteiger partial charge in [-0.15, -0.1) is 0 Å². The summed E-state index contributed by atoms with van der Waals surface area (Å²) in [6, 6.07) is 0.